The predicted octanol–water partition coefficient (Wildman–Crippen LogP) is 8.72. The van der Waals surface area contributed by atoms with E-state index in [1.54, 1.807) is 48.5 Å². The fourth-order valence-electron chi connectivity index (χ4n) is 4.75. The van der Waals surface area contributed by atoms with Gasteiger partial charge >= 0.3 is 0 Å². The molecule has 0 spiro atoms. The van der Waals surface area contributed by atoms with Gasteiger partial charge in [-0.2, -0.15) is 0 Å². The number of hydrogen-bond donors (Lipinski definition) is 3. The molecule has 226 valence electrons. The summed E-state index contributed by atoms with van der Waals surface area (Å²) >= 11 is 7.54. The lowest BCUT2D eigenvalue weighted by atomic mass is 10.0. The van der Waals surface area contributed by atoms with Gasteiger partial charge in [0.05, 0.1) is 5.25 Å². The zero-order valence-corrected chi connectivity index (χ0v) is 26.4. The summed E-state index contributed by atoms with van der Waals surface area (Å²) in [5, 5.41) is 10.9. The molecule has 0 saturated carbocycles. The van der Waals surface area contributed by atoms with Crippen LogP contribution >= 0.6 is 23.4 Å². The molecule has 0 heterocycles. The molecular formula is C37H32ClN3O3S. The van der Waals surface area contributed by atoms with Gasteiger partial charge in [0.1, 0.15) is 5.70 Å². The molecule has 0 aliphatic heterocycles. The van der Waals surface area contributed by atoms with Gasteiger partial charge in [-0.1, -0.05) is 91.3 Å². The first kappa shape index (κ1) is 31.6. The van der Waals surface area contributed by atoms with Crippen molar-refractivity contribution < 1.29 is 14.4 Å². The third kappa shape index (κ3) is 8.20. The first-order chi connectivity index (χ1) is 21.8. The van der Waals surface area contributed by atoms with E-state index in [0.29, 0.717) is 28.4 Å². The molecule has 1 unspecified atom stereocenters. The van der Waals surface area contributed by atoms with E-state index >= 15 is 0 Å². The Kier molecular flexibility index (Phi) is 10.3. The topological polar surface area (TPSA) is 87.3 Å². The molecule has 5 aromatic rings. The molecule has 5 rings (SSSR count). The Morgan fingerprint density at radius 2 is 1.56 bits per heavy atom. The van der Waals surface area contributed by atoms with Crippen LogP contribution in [0.15, 0.2) is 126 Å². The lowest BCUT2D eigenvalue weighted by Gasteiger charge is -2.17. The maximum absolute atomic E-state index is 13.7. The minimum absolute atomic E-state index is 0.0981. The monoisotopic (exact) mass is 633 g/mol. The number of rotatable bonds is 10. The first-order valence-electron chi connectivity index (χ1n) is 14.5. The summed E-state index contributed by atoms with van der Waals surface area (Å²) in [6, 6.07) is 35.1. The summed E-state index contributed by atoms with van der Waals surface area (Å²) in [4.78, 5) is 40.8. The summed E-state index contributed by atoms with van der Waals surface area (Å²) in [6.07, 6.45) is 2.28. The molecule has 0 aromatic heterocycles. The number of amides is 3. The Morgan fingerprint density at radius 3 is 2.36 bits per heavy atom. The lowest BCUT2D eigenvalue weighted by Crippen LogP contribution is -2.30. The van der Waals surface area contributed by atoms with E-state index in [-0.39, 0.29) is 16.9 Å². The molecule has 0 bridgehead atoms. The van der Waals surface area contributed by atoms with Crippen LogP contribution in [0.4, 0.5) is 11.4 Å². The molecule has 8 heteroatoms. The predicted molar refractivity (Wildman–Crippen MR) is 186 cm³/mol. The second kappa shape index (κ2) is 14.8. The largest absolute Gasteiger partial charge is 0.325 e. The molecule has 1 atom stereocenters. The third-order valence-corrected chi connectivity index (χ3v) is 8.74. The number of aryl methyl sites for hydroxylation is 1. The number of hydrogen-bond acceptors (Lipinski definition) is 4. The smallest absolute Gasteiger partial charge is 0.272 e. The highest BCUT2D eigenvalue weighted by Gasteiger charge is 2.20. The van der Waals surface area contributed by atoms with Crippen molar-refractivity contribution in [2.75, 3.05) is 10.6 Å². The van der Waals surface area contributed by atoms with Crippen LogP contribution < -0.4 is 16.0 Å². The van der Waals surface area contributed by atoms with E-state index in [9.17, 15) is 14.4 Å². The van der Waals surface area contributed by atoms with Crippen molar-refractivity contribution in [2.24, 2.45) is 0 Å². The Balaban J connectivity index is 1.37. The Hall–Kier alpha value is -4.85. The summed E-state index contributed by atoms with van der Waals surface area (Å²) in [7, 11) is 0. The van der Waals surface area contributed by atoms with Crippen molar-refractivity contribution in [3.05, 3.63) is 143 Å². The third-order valence-electron chi connectivity index (χ3n) is 7.14. The van der Waals surface area contributed by atoms with Crippen LogP contribution in [-0.4, -0.2) is 23.0 Å². The number of thioether (sulfide) groups is 1. The molecule has 0 aliphatic carbocycles. The normalized spacial score (nSPS) is 11.9. The molecule has 3 amide bonds. The van der Waals surface area contributed by atoms with E-state index in [2.05, 4.69) is 16.0 Å². The highest BCUT2D eigenvalue weighted by molar-refractivity contribution is 8.00. The van der Waals surface area contributed by atoms with Crippen molar-refractivity contribution in [2.45, 2.75) is 30.4 Å². The van der Waals surface area contributed by atoms with Crippen LogP contribution in [0.3, 0.4) is 0 Å². The van der Waals surface area contributed by atoms with Crippen molar-refractivity contribution in [3.63, 3.8) is 0 Å². The standard InChI is InChI=1S/C37H32ClN3O3S/c1-3-34(37(44)40-32-22-28(38)20-19-24(32)2)45-30-17-10-16-29(23-30)39-36(43)33(41-35(42)26-12-5-4-6-13-26)21-27-15-9-14-25-11-7-8-18-31(25)27/h4-23,34H,3H2,1-2H3,(H,39,43)(H,40,44)(H,41,42)/b33-21+. The van der Waals surface area contributed by atoms with Crippen LogP contribution in [0.2, 0.25) is 5.02 Å². The van der Waals surface area contributed by atoms with Gasteiger partial charge in [-0.05, 0) is 83.8 Å². The van der Waals surface area contributed by atoms with Crippen LogP contribution in [-0.2, 0) is 9.59 Å². The highest BCUT2D eigenvalue weighted by atomic mass is 35.5. The molecule has 6 nitrogen and oxygen atoms in total. The van der Waals surface area contributed by atoms with Gasteiger partial charge in [0.2, 0.25) is 5.91 Å². The summed E-state index contributed by atoms with van der Waals surface area (Å²) in [5.74, 6) is -1.00. The average Bonchev–Trinajstić information content (AvgIpc) is 3.05. The molecule has 0 radical (unpaired) electrons. The SMILES string of the molecule is CCC(Sc1cccc(NC(=O)/C(=C\c2cccc3ccccc23)NC(=O)c2ccccc2)c1)C(=O)Nc1cc(Cl)ccc1C. The fourth-order valence-corrected chi connectivity index (χ4v) is 5.93. The van der Waals surface area contributed by atoms with Gasteiger partial charge < -0.3 is 16.0 Å². The number of carbonyl (C=O) groups is 3. The zero-order chi connectivity index (χ0) is 31.8. The lowest BCUT2D eigenvalue weighted by molar-refractivity contribution is -0.116. The Bertz CT molecular complexity index is 1890. The van der Waals surface area contributed by atoms with Crippen LogP contribution in [0.25, 0.3) is 16.8 Å². The van der Waals surface area contributed by atoms with E-state index in [1.807, 2.05) is 86.6 Å². The van der Waals surface area contributed by atoms with E-state index in [4.69, 9.17) is 11.6 Å². The average molecular weight is 634 g/mol. The molecule has 0 saturated heterocycles. The van der Waals surface area contributed by atoms with Crippen molar-refractivity contribution in [1.82, 2.24) is 5.32 Å². The molecule has 0 fully saturated rings. The van der Waals surface area contributed by atoms with E-state index in [1.165, 1.54) is 11.8 Å². The van der Waals surface area contributed by atoms with Gasteiger partial charge in [0.15, 0.2) is 0 Å². The van der Waals surface area contributed by atoms with Gasteiger partial charge in [0, 0.05) is 26.9 Å². The maximum atomic E-state index is 13.7. The summed E-state index contributed by atoms with van der Waals surface area (Å²) in [6.45, 7) is 3.87. The quantitative estimate of drug-likeness (QED) is 0.106. The number of carbonyl (C=O) groups excluding carboxylic acids is 3. The first-order valence-corrected chi connectivity index (χ1v) is 15.8. The number of benzene rings is 5. The minimum atomic E-state index is -0.476. The van der Waals surface area contributed by atoms with Crippen molar-refractivity contribution in [3.8, 4) is 0 Å². The van der Waals surface area contributed by atoms with Crippen LogP contribution in [0, 0.1) is 6.92 Å². The number of nitrogens with one attached hydrogen (secondary N) is 3. The Morgan fingerprint density at radius 1 is 0.822 bits per heavy atom. The molecule has 45 heavy (non-hydrogen) atoms. The fraction of sp³-hybridized carbons (Fsp3) is 0.108. The second-order valence-electron chi connectivity index (χ2n) is 10.4. The summed E-state index contributed by atoms with van der Waals surface area (Å²) in [5.41, 5.74) is 3.45. The van der Waals surface area contributed by atoms with Crippen molar-refractivity contribution in [1.29, 1.82) is 0 Å². The van der Waals surface area contributed by atoms with Crippen LogP contribution in [0.1, 0.15) is 34.8 Å². The number of halogens is 1. The Labute approximate surface area is 271 Å². The minimum Gasteiger partial charge on any atom is -0.325 e. The maximum Gasteiger partial charge on any atom is 0.272 e. The van der Waals surface area contributed by atoms with Gasteiger partial charge in [-0.25, -0.2) is 0 Å². The molecular weight excluding hydrogens is 602 g/mol. The second-order valence-corrected chi connectivity index (χ2v) is 12.1. The summed E-state index contributed by atoms with van der Waals surface area (Å²) < 4.78 is 0. The molecule has 0 aliphatic rings. The number of anilines is 2. The highest BCUT2D eigenvalue weighted by Crippen LogP contribution is 2.30. The van der Waals surface area contributed by atoms with Crippen molar-refractivity contribution >= 4 is 69.3 Å². The van der Waals surface area contributed by atoms with Gasteiger partial charge in [-0.3, -0.25) is 14.4 Å². The van der Waals surface area contributed by atoms with Gasteiger partial charge in [0.25, 0.3) is 11.8 Å². The van der Waals surface area contributed by atoms with E-state index in [0.717, 1.165) is 26.8 Å². The van der Waals surface area contributed by atoms with E-state index < -0.39 is 11.8 Å². The number of fused-ring (bicyclic) bond motifs is 1. The zero-order valence-electron chi connectivity index (χ0n) is 24.8. The van der Waals surface area contributed by atoms with Crippen LogP contribution in [0.5, 0.6) is 0 Å². The van der Waals surface area contributed by atoms with Gasteiger partial charge in [-0.15, -0.1) is 11.8 Å². The molecule has 3 N–H and O–H groups in total. The molecule has 5 aromatic carbocycles.